The molecule has 7 nitrogen and oxygen atoms in total. The van der Waals surface area contributed by atoms with Gasteiger partial charge in [-0.05, 0) is 49.9 Å². The van der Waals surface area contributed by atoms with Gasteiger partial charge in [-0.2, -0.15) is 5.26 Å². The number of pyridine rings is 1. The van der Waals surface area contributed by atoms with Gasteiger partial charge in [0.1, 0.15) is 5.82 Å². The van der Waals surface area contributed by atoms with Crippen molar-refractivity contribution in [3.8, 4) is 6.07 Å². The molecule has 0 spiro atoms. The standard InChI is InChI=1S/C24H29N5O2/c1-5-31-24(30)19-12-20(29-10-9-17(13-25)14-29)21(22(26)15(2)3)23(28-19)27-18-8-6-7-16(4)11-18/h6-8,11-12,15,17,26H,5,9-10,14H2,1-4H3,(H,27,28). The van der Waals surface area contributed by atoms with Crippen molar-refractivity contribution in [2.24, 2.45) is 11.8 Å². The maximum Gasteiger partial charge on any atom is 0.357 e. The molecule has 1 unspecified atom stereocenters. The highest BCUT2D eigenvalue weighted by Crippen LogP contribution is 2.35. The highest BCUT2D eigenvalue weighted by Gasteiger charge is 2.29. The highest BCUT2D eigenvalue weighted by molar-refractivity contribution is 6.09. The van der Waals surface area contributed by atoms with Crippen molar-refractivity contribution in [2.45, 2.75) is 34.1 Å². The van der Waals surface area contributed by atoms with Crippen molar-refractivity contribution < 1.29 is 9.53 Å². The van der Waals surface area contributed by atoms with E-state index >= 15 is 0 Å². The molecule has 3 rings (SSSR count). The summed E-state index contributed by atoms with van der Waals surface area (Å²) in [6.07, 6.45) is 0.753. The van der Waals surface area contributed by atoms with Gasteiger partial charge in [0.25, 0.3) is 0 Å². The zero-order valence-corrected chi connectivity index (χ0v) is 18.5. The van der Waals surface area contributed by atoms with Crippen LogP contribution in [0.1, 0.15) is 48.8 Å². The van der Waals surface area contributed by atoms with Gasteiger partial charge in [-0.3, -0.25) is 0 Å². The topological polar surface area (TPSA) is 102 Å². The summed E-state index contributed by atoms with van der Waals surface area (Å²) in [7, 11) is 0. The first-order valence-electron chi connectivity index (χ1n) is 10.6. The minimum Gasteiger partial charge on any atom is -0.461 e. The van der Waals surface area contributed by atoms with E-state index in [1.54, 1.807) is 13.0 Å². The van der Waals surface area contributed by atoms with Crippen molar-refractivity contribution in [1.82, 2.24) is 4.98 Å². The molecular weight excluding hydrogens is 390 g/mol. The summed E-state index contributed by atoms with van der Waals surface area (Å²) >= 11 is 0. The number of nitrogens with zero attached hydrogens (tertiary/aromatic N) is 3. The molecule has 1 aromatic carbocycles. The SMILES string of the molecule is CCOC(=O)c1cc(N2CCC(C#N)C2)c(C(=N)C(C)C)c(Nc2cccc(C)c2)n1. The molecular formula is C24H29N5O2. The first kappa shape index (κ1) is 22.3. The van der Waals surface area contributed by atoms with Crippen LogP contribution in [-0.2, 0) is 4.74 Å². The highest BCUT2D eigenvalue weighted by atomic mass is 16.5. The number of ether oxygens (including phenoxy) is 1. The Bertz CT molecular complexity index is 1030. The molecule has 2 heterocycles. The van der Waals surface area contributed by atoms with Crippen LogP contribution in [0, 0.1) is 35.5 Å². The number of carbonyl (C=O) groups excluding carboxylic acids is 1. The van der Waals surface area contributed by atoms with Gasteiger partial charge in [0.15, 0.2) is 5.69 Å². The fourth-order valence-corrected chi connectivity index (χ4v) is 3.68. The third kappa shape index (κ3) is 5.02. The van der Waals surface area contributed by atoms with E-state index in [4.69, 9.17) is 10.1 Å². The monoisotopic (exact) mass is 419 g/mol. The summed E-state index contributed by atoms with van der Waals surface area (Å²) in [5.74, 6) is -0.171. The van der Waals surface area contributed by atoms with Gasteiger partial charge in [0, 0.05) is 24.5 Å². The minimum atomic E-state index is -0.505. The molecule has 2 N–H and O–H groups in total. The van der Waals surface area contributed by atoms with E-state index in [1.807, 2.05) is 45.0 Å². The molecule has 1 aliphatic heterocycles. The number of aromatic nitrogens is 1. The molecule has 1 fully saturated rings. The Labute approximate surface area is 183 Å². The van der Waals surface area contributed by atoms with Gasteiger partial charge in [-0.25, -0.2) is 9.78 Å². The van der Waals surface area contributed by atoms with Crippen LogP contribution >= 0.6 is 0 Å². The Kier molecular flexibility index (Phi) is 6.91. The van der Waals surface area contributed by atoms with Crippen molar-refractivity contribution in [2.75, 3.05) is 29.9 Å². The van der Waals surface area contributed by atoms with Crippen molar-refractivity contribution in [3.63, 3.8) is 0 Å². The fraction of sp³-hybridized carbons (Fsp3) is 0.417. The number of benzene rings is 1. The Morgan fingerprint density at radius 1 is 1.42 bits per heavy atom. The Hall–Kier alpha value is -3.40. The maximum absolute atomic E-state index is 12.6. The van der Waals surface area contributed by atoms with Gasteiger partial charge < -0.3 is 20.4 Å². The third-order valence-corrected chi connectivity index (χ3v) is 5.32. The quantitative estimate of drug-likeness (QED) is 0.499. The summed E-state index contributed by atoms with van der Waals surface area (Å²) in [5, 5.41) is 21.5. The zero-order chi connectivity index (χ0) is 22.5. The molecule has 31 heavy (non-hydrogen) atoms. The molecule has 0 bridgehead atoms. The number of rotatable bonds is 7. The van der Waals surface area contributed by atoms with E-state index in [2.05, 4.69) is 21.3 Å². The molecule has 1 aliphatic rings. The van der Waals surface area contributed by atoms with Crippen LogP contribution in [0.15, 0.2) is 30.3 Å². The Morgan fingerprint density at radius 3 is 2.81 bits per heavy atom. The number of hydrogen-bond acceptors (Lipinski definition) is 7. The van der Waals surface area contributed by atoms with Gasteiger partial charge >= 0.3 is 5.97 Å². The van der Waals surface area contributed by atoms with Crippen LogP contribution in [0.25, 0.3) is 0 Å². The lowest BCUT2D eigenvalue weighted by Crippen LogP contribution is -2.25. The molecule has 0 amide bonds. The Morgan fingerprint density at radius 2 is 2.19 bits per heavy atom. The second-order valence-corrected chi connectivity index (χ2v) is 8.09. The molecule has 2 aromatic rings. The lowest BCUT2D eigenvalue weighted by Gasteiger charge is -2.26. The number of nitrogens with one attached hydrogen (secondary N) is 2. The minimum absolute atomic E-state index is 0.0404. The fourth-order valence-electron chi connectivity index (χ4n) is 3.68. The lowest BCUT2D eigenvalue weighted by atomic mass is 9.97. The molecule has 0 radical (unpaired) electrons. The van der Waals surface area contributed by atoms with Gasteiger partial charge in [0.05, 0.1) is 29.8 Å². The number of nitriles is 1. The Balaban J connectivity index is 2.18. The van der Waals surface area contributed by atoms with E-state index in [9.17, 15) is 10.1 Å². The van der Waals surface area contributed by atoms with Crippen molar-refractivity contribution in [3.05, 3.63) is 47.2 Å². The van der Waals surface area contributed by atoms with E-state index < -0.39 is 5.97 Å². The van der Waals surface area contributed by atoms with Crippen LogP contribution in [0.4, 0.5) is 17.2 Å². The average Bonchev–Trinajstić information content (AvgIpc) is 3.22. The van der Waals surface area contributed by atoms with Gasteiger partial charge in [-0.15, -0.1) is 0 Å². The number of hydrogen-bond donors (Lipinski definition) is 2. The summed E-state index contributed by atoms with van der Waals surface area (Å²) in [6, 6.07) is 11.9. The van der Waals surface area contributed by atoms with E-state index in [-0.39, 0.29) is 24.1 Å². The maximum atomic E-state index is 12.6. The summed E-state index contributed by atoms with van der Waals surface area (Å²) in [5.41, 5.74) is 3.92. The summed E-state index contributed by atoms with van der Waals surface area (Å²) in [6.45, 7) is 9.18. The first-order chi connectivity index (χ1) is 14.8. The third-order valence-electron chi connectivity index (χ3n) is 5.32. The normalized spacial score (nSPS) is 15.6. The molecule has 1 aromatic heterocycles. The van der Waals surface area contributed by atoms with Crippen LogP contribution < -0.4 is 10.2 Å². The molecule has 1 atom stereocenters. The number of carbonyl (C=O) groups is 1. The number of esters is 1. The molecule has 0 saturated carbocycles. The summed E-state index contributed by atoms with van der Waals surface area (Å²) < 4.78 is 5.21. The predicted molar refractivity (Wildman–Crippen MR) is 122 cm³/mol. The molecule has 1 saturated heterocycles. The lowest BCUT2D eigenvalue weighted by molar-refractivity contribution is 0.0519. The number of aryl methyl sites for hydroxylation is 1. The molecule has 7 heteroatoms. The van der Waals surface area contributed by atoms with Gasteiger partial charge in [-0.1, -0.05) is 26.0 Å². The van der Waals surface area contributed by atoms with Crippen molar-refractivity contribution in [1.29, 1.82) is 10.7 Å². The average molecular weight is 420 g/mol. The van der Waals surface area contributed by atoms with Crippen LogP contribution in [0.5, 0.6) is 0 Å². The van der Waals surface area contributed by atoms with Gasteiger partial charge in [0.2, 0.25) is 0 Å². The smallest absolute Gasteiger partial charge is 0.357 e. The van der Waals surface area contributed by atoms with Crippen LogP contribution in [-0.4, -0.2) is 36.4 Å². The van der Waals surface area contributed by atoms with E-state index in [1.165, 1.54) is 0 Å². The molecule has 0 aliphatic carbocycles. The first-order valence-corrected chi connectivity index (χ1v) is 10.6. The van der Waals surface area contributed by atoms with Crippen LogP contribution in [0.3, 0.4) is 0 Å². The van der Waals surface area contributed by atoms with Crippen molar-refractivity contribution >= 4 is 28.9 Å². The second-order valence-electron chi connectivity index (χ2n) is 8.09. The predicted octanol–water partition coefficient (Wildman–Crippen LogP) is 4.68. The largest absolute Gasteiger partial charge is 0.461 e. The zero-order valence-electron chi connectivity index (χ0n) is 18.5. The van der Waals surface area contributed by atoms with E-state index in [0.29, 0.717) is 30.2 Å². The molecule has 162 valence electrons. The van der Waals surface area contributed by atoms with Crippen LogP contribution in [0.2, 0.25) is 0 Å². The summed E-state index contributed by atoms with van der Waals surface area (Å²) in [4.78, 5) is 19.2. The van der Waals surface area contributed by atoms with E-state index in [0.717, 1.165) is 23.4 Å². The second kappa shape index (κ2) is 9.61. The number of anilines is 3.